The van der Waals surface area contributed by atoms with E-state index >= 15 is 0 Å². The fourth-order valence-corrected chi connectivity index (χ4v) is 3.64. The summed E-state index contributed by atoms with van der Waals surface area (Å²) < 4.78 is 39.4. The minimum absolute atomic E-state index is 0.245. The first-order chi connectivity index (χ1) is 9.86. The van der Waals surface area contributed by atoms with Crippen LogP contribution in [0.4, 0.5) is 18.9 Å². The van der Waals surface area contributed by atoms with Crippen LogP contribution in [0.15, 0.2) is 18.2 Å². The maximum Gasteiger partial charge on any atom is 0.417 e. The number of amidine groups is 1. The fraction of sp³-hybridized carbons (Fsp3) is 0.533. The Morgan fingerprint density at radius 3 is 2.33 bits per heavy atom. The van der Waals surface area contributed by atoms with E-state index in [9.17, 15) is 13.2 Å². The summed E-state index contributed by atoms with van der Waals surface area (Å²) >= 11 is 0. The van der Waals surface area contributed by atoms with Crippen LogP contribution >= 0.6 is 0 Å². The Morgan fingerprint density at radius 2 is 1.81 bits per heavy atom. The zero-order valence-corrected chi connectivity index (χ0v) is 11.6. The summed E-state index contributed by atoms with van der Waals surface area (Å²) in [5.74, 6) is 0.686. The molecule has 1 aliphatic heterocycles. The number of fused-ring (bicyclic) bond motifs is 1. The van der Waals surface area contributed by atoms with E-state index in [0.717, 1.165) is 19.2 Å². The SMILES string of the molecule is N=C(N)c1ccc(N2CC3CCCC3C2)cc1C(F)(F)F. The third kappa shape index (κ3) is 2.59. The minimum atomic E-state index is -4.49. The molecule has 0 radical (unpaired) electrons. The van der Waals surface area contributed by atoms with Gasteiger partial charge in [-0.3, -0.25) is 5.41 Å². The summed E-state index contributed by atoms with van der Waals surface area (Å²) in [5.41, 5.74) is 4.78. The molecular formula is C15H18F3N3. The number of hydrogen-bond acceptors (Lipinski definition) is 2. The predicted octanol–water partition coefficient (Wildman–Crippen LogP) is 3.23. The van der Waals surface area contributed by atoms with Gasteiger partial charge in [0, 0.05) is 24.3 Å². The lowest BCUT2D eigenvalue weighted by molar-refractivity contribution is -0.137. The Labute approximate surface area is 121 Å². The van der Waals surface area contributed by atoms with Crippen molar-refractivity contribution in [3.63, 3.8) is 0 Å². The quantitative estimate of drug-likeness (QED) is 0.650. The van der Waals surface area contributed by atoms with E-state index in [1.165, 1.54) is 25.3 Å². The number of nitrogens with zero attached hydrogens (tertiary/aromatic N) is 1. The van der Waals surface area contributed by atoms with Crippen LogP contribution in [-0.4, -0.2) is 18.9 Å². The molecule has 1 aromatic rings. The average molecular weight is 297 g/mol. The Morgan fingerprint density at radius 1 is 1.19 bits per heavy atom. The van der Waals surface area contributed by atoms with Gasteiger partial charge < -0.3 is 10.6 Å². The van der Waals surface area contributed by atoms with Crippen molar-refractivity contribution in [3.8, 4) is 0 Å². The van der Waals surface area contributed by atoms with E-state index in [1.807, 2.05) is 4.90 Å². The highest BCUT2D eigenvalue weighted by Crippen LogP contribution is 2.41. The van der Waals surface area contributed by atoms with Crippen molar-refractivity contribution in [3.05, 3.63) is 29.3 Å². The van der Waals surface area contributed by atoms with Crippen LogP contribution in [0.1, 0.15) is 30.4 Å². The second-order valence-corrected chi connectivity index (χ2v) is 6.00. The normalized spacial score (nSPS) is 25.2. The number of rotatable bonds is 2. The third-order valence-corrected chi connectivity index (χ3v) is 4.69. The van der Waals surface area contributed by atoms with Gasteiger partial charge in [0.05, 0.1) is 5.56 Å². The number of benzene rings is 1. The lowest BCUT2D eigenvalue weighted by atomic mass is 10.0. The molecule has 2 unspecified atom stereocenters. The molecule has 3 nitrogen and oxygen atoms in total. The molecule has 0 amide bonds. The second-order valence-electron chi connectivity index (χ2n) is 6.00. The van der Waals surface area contributed by atoms with Gasteiger partial charge in [0.25, 0.3) is 0 Å². The molecule has 2 aliphatic rings. The first-order valence-corrected chi connectivity index (χ1v) is 7.17. The summed E-state index contributed by atoms with van der Waals surface area (Å²) in [7, 11) is 0. The first kappa shape index (κ1) is 14.2. The number of nitrogens with one attached hydrogen (secondary N) is 1. The standard InChI is InChI=1S/C15H18F3N3/c16-15(17,18)13-6-11(4-5-12(13)14(19)20)21-7-9-2-1-3-10(9)8-21/h4-6,9-10H,1-3,7-8H2,(H3,19,20). The summed E-state index contributed by atoms with van der Waals surface area (Å²) in [5, 5.41) is 7.30. The van der Waals surface area contributed by atoms with Gasteiger partial charge in [0.1, 0.15) is 5.84 Å². The molecule has 3 rings (SSSR count). The van der Waals surface area contributed by atoms with Crippen LogP contribution in [-0.2, 0) is 6.18 Å². The Hall–Kier alpha value is -1.72. The molecule has 6 heteroatoms. The average Bonchev–Trinajstić information content (AvgIpc) is 2.97. The molecule has 21 heavy (non-hydrogen) atoms. The van der Waals surface area contributed by atoms with Gasteiger partial charge in [0.2, 0.25) is 0 Å². The van der Waals surface area contributed by atoms with Crippen LogP contribution < -0.4 is 10.6 Å². The monoisotopic (exact) mass is 297 g/mol. The van der Waals surface area contributed by atoms with E-state index in [1.54, 1.807) is 6.07 Å². The molecule has 2 fully saturated rings. The van der Waals surface area contributed by atoms with E-state index < -0.39 is 17.6 Å². The molecule has 1 aromatic carbocycles. The van der Waals surface area contributed by atoms with Crippen LogP contribution in [0, 0.1) is 17.2 Å². The van der Waals surface area contributed by atoms with Crippen molar-refractivity contribution in [2.75, 3.05) is 18.0 Å². The Bertz CT molecular complexity index is 556. The van der Waals surface area contributed by atoms with Gasteiger partial charge in [-0.25, -0.2) is 0 Å². The highest BCUT2D eigenvalue weighted by atomic mass is 19.4. The Balaban J connectivity index is 1.92. The maximum atomic E-state index is 13.1. The van der Waals surface area contributed by atoms with Gasteiger partial charge >= 0.3 is 6.18 Å². The van der Waals surface area contributed by atoms with Crippen molar-refractivity contribution in [1.29, 1.82) is 5.41 Å². The summed E-state index contributed by atoms with van der Waals surface area (Å²) in [6, 6.07) is 4.10. The lowest BCUT2D eigenvalue weighted by Gasteiger charge is -2.22. The molecule has 114 valence electrons. The number of nitrogen functional groups attached to an aromatic ring is 1. The van der Waals surface area contributed by atoms with Crippen LogP contribution in [0.25, 0.3) is 0 Å². The van der Waals surface area contributed by atoms with E-state index in [2.05, 4.69) is 0 Å². The second kappa shape index (κ2) is 4.93. The molecule has 1 aliphatic carbocycles. The number of hydrogen-bond donors (Lipinski definition) is 2. The third-order valence-electron chi connectivity index (χ3n) is 4.69. The van der Waals surface area contributed by atoms with Crippen LogP contribution in [0.2, 0.25) is 0 Å². The summed E-state index contributed by atoms with van der Waals surface area (Å²) in [4.78, 5) is 2.04. The number of nitrogens with two attached hydrogens (primary N) is 1. The van der Waals surface area contributed by atoms with Gasteiger partial charge in [-0.2, -0.15) is 13.2 Å². The highest BCUT2D eigenvalue weighted by molar-refractivity contribution is 5.97. The molecule has 1 saturated carbocycles. The number of halogens is 3. The molecular weight excluding hydrogens is 279 g/mol. The molecule has 0 bridgehead atoms. The molecule has 2 atom stereocenters. The van der Waals surface area contributed by atoms with Gasteiger partial charge in [-0.05, 0) is 42.9 Å². The maximum absolute atomic E-state index is 13.1. The Kier molecular flexibility index (Phi) is 3.34. The fourth-order valence-electron chi connectivity index (χ4n) is 3.64. The van der Waals surface area contributed by atoms with Gasteiger partial charge in [-0.1, -0.05) is 6.42 Å². The van der Waals surface area contributed by atoms with E-state index in [-0.39, 0.29) is 5.56 Å². The van der Waals surface area contributed by atoms with E-state index in [0.29, 0.717) is 17.5 Å². The first-order valence-electron chi connectivity index (χ1n) is 7.17. The van der Waals surface area contributed by atoms with Crippen molar-refractivity contribution in [2.45, 2.75) is 25.4 Å². The van der Waals surface area contributed by atoms with Crippen molar-refractivity contribution in [1.82, 2.24) is 0 Å². The smallest absolute Gasteiger partial charge is 0.384 e. The number of anilines is 1. The highest BCUT2D eigenvalue weighted by Gasteiger charge is 2.38. The van der Waals surface area contributed by atoms with Gasteiger partial charge in [0.15, 0.2) is 0 Å². The topological polar surface area (TPSA) is 53.1 Å². The summed E-state index contributed by atoms with van der Waals surface area (Å²) in [6.07, 6.45) is -0.898. The van der Waals surface area contributed by atoms with Crippen molar-refractivity contribution in [2.24, 2.45) is 17.6 Å². The van der Waals surface area contributed by atoms with Crippen LogP contribution in [0.3, 0.4) is 0 Å². The largest absolute Gasteiger partial charge is 0.417 e. The van der Waals surface area contributed by atoms with Crippen LogP contribution in [0.5, 0.6) is 0 Å². The zero-order valence-electron chi connectivity index (χ0n) is 11.6. The predicted molar refractivity (Wildman–Crippen MR) is 75.5 cm³/mol. The van der Waals surface area contributed by atoms with Crippen molar-refractivity contribution >= 4 is 11.5 Å². The molecule has 1 heterocycles. The number of alkyl halides is 3. The van der Waals surface area contributed by atoms with E-state index in [4.69, 9.17) is 11.1 Å². The molecule has 1 saturated heterocycles. The van der Waals surface area contributed by atoms with Crippen molar-refractivity contribution < 1.29 is 13.2 Å². The lowest BCUT2D eigenvalue weighted by Crippen LogP contribution is -2.23. The molecule has 0 aromatic heterocycles. The molecule has 3 N–H and O–H groups in total. The molecule has 0 spiro atoms. The van der Waals surface area contributed by atoms with Gasteiger partial charge in [-0.15, -0.1) is 0 Å². The zero-order chi connectivity index (χ0) is 15.2. The summed E-state index contributed by atoms with van der Waals surface area (Å²) in [6.45, 7) is 1.67. The minimum Gasteiger partial charge on any atom is -0.384 e.